The van der Waals surface area contributed by atoms with Crippen LogP contribution in [-0.2, 0) is 30.3 Å². The number of esters is 2. The van der Waals surface area contributed by atoms with Crippen LogP contribution in [0, 0.1) is 28.6 Å². The van der Waals surface area contributed by atoms with Gasteiger partial charge in [0.25, 0.3) is 0 Å². The standard InChI is InChI=1S/C24H32O6/c1-13(26)29-20-19-16(12-25)15-7-10-28-18(15)11-17(19)24(5)9-6-8-23(3,4)22(24)21(20)30-14(2)27/h7,10,12,16-17,19-22H,6,8-9,11H2,1-5H3/t16-,17+,19-,20-,21+,22-,24-/m1/s1. The Morgan fingerprint density at radius 2 is 1.77 bits per heavy atom. The summed E-state index contributed by atoms with van der Waals surface area (Å²) in [6.07, 6.45) is 5.11. The van der Waals surface area contributed by atoms with Gasteiger partial charge in [0.1, 0.15) is 24.3 Å². The quantitative estimate of drug-likeness (QED) is 0.546. The molecule has 6 heteroatoms. The Morgan fingerprint density at radius 1 is 1.10 bits per heavy atom. The molecule has 0 saturated heterocycles. The zero-order chi connectivity index (χ0) is 21.8. The Morgan fingerprint density at radius 3 is 2.40 bits per heavy atom. The first-order chi connectivity index (χ1) is 14.1. The number of aldehydes is 1. The fraction of sp³-hybridized carbons (Fsp3) is 0.708. The van der Waals surface area contributed by atoms with Crippen molar-refractivity contribution in [3.8, 4) is 0 Å². The second-order valence-electron chi connectivity index (χ2n) is 10.3. The maximum atomic E-state index is 12.3. The zero-order valence-corrected chi connectivity index (χ0v) is 18.5. The summed E-state index contributed by atoms with van der Waals surface area (Å²) in [7, 11) is 0. The molecule has 0 aliphatic heterocycles. The van der Waals surface area contributed by atoms with Crippen LogP contribution in [0.3, 0.4) is 0 Å². The second-order valence-corrected chi connectivity index (χ2v) is 10.3. The van der Waals surface area contributed by atoms with Gasteiger partial charge in [-0.2, -0.15) is 0 Å². The highest BCUT2D eigenvalue weighted by Crippen LogP contribution is 2.65. The Hall–Kier alpha value is -2.11. The molecule has 1 aromatic rings. The lowest BCUT2D eigenvalue weighted by Crippen LogP contribution is -2.66. The fourth-order valence-corrected chi connectivity index (χ4v) is 7.31. The Kier molecular flexibility index (Phi) is 5.10. The molecule has 0 N–H and O–H groups in total. The number of hydrogen-bond donors (Lipinski definition) is 0. The number of ether oxygens (including phenoxy) is 2. The van der Waals surface area contributed by atoms with Crippen LogP contribution in [0.1, 0.15) is 71.1 Å². The van der Waals surface area contributed by atoms with E-state index in [1.807, 2.05) is 6.07 Å². The van der Waals surface area contributed by atoms with Gasteiger partial charge in [0.15, 0.2) is 0 Å². The minimum Gasteiger partial charge on any atom is -0.469 e. The third-order valence-corrected chi connectivity index (χ3v) is 8.14. The number of hydrogen-bond acceptors (Lipinski definition) is 6. The minimum atomic E-state index is -0.662. The molecule has 7 atom stereocenters. The summed E-state index contributed by atoms with van der Waals surface area (Å²) in [6, 6.07) is 1.84. The Balaban J connectivity index is 1.92. The molecular formula is C24H32O6. The summed E-state index contributed by atoms with van der Waals surface area (Å²) in [5, 5.41) is 0. The van der Waals surface area contributed by atoms with Crippen molar-refractivity contribution in [1.29, 1.82) is 0 Å². The van der Waals surface area contributed by atoms with Crippen LogP contribution >= 0.6 is 0 Å². The molecule has 164 valence electrons. The van der Waals surface area contributed by atoms with E-state index in [1.165, 1.54) is 13.8 Å². The molecule has 0 radical (unpaired) electrons. The van der Waals surface area contributed by atoms with Gasteiger partial charge in [-0.25, -0.2) is 0 Å². The number of carbonyl (C=O) groups excluding carboxylic acids is 3. The molecule has 1 aromatic heterocycles. The molecule has 0 unspecified atom stereocenters. The smallest absolute Gasteiger partial charge is 0.303 e. The molecule has 0 aromatic carbocycles. The normalized spacial score (nSPS) is 39.1. The molecule has 3 aliphatic rings. The molecule has 4 rings (SSSR count). The lowest BCUT2D eigenvalue weighted by atomic mass is 9.42. The monoisotopic (exact) mass is 416 g/mol. The van der Waals surface area contributed by atoms with E-state index in [0.717, 1.165) is 36.9 Å². The first kappa shape index (κ1) is 21.1. The van der Waals surface area contributed by atoms with Gasteiger partial charge in [0.2, 0.25) is 0 Å². The molecule has 0 spiro atoms. The summed E-state index contributed by atoms with van der Waals surface area (Å²) in [5.41, 5.74) is 0.591. The van der Waals surface area contributed by atoms with Gasteiger partial charge >= 0.3 is 11.9 Å². The van der Waals surface area contributed by atoms with Crippen molar-refractivity contribution in [3.63, 3.8) is 0 Å². The number of furan rings is 1. The van der Waals surface area contributed by atoms with Gasteiger partial charge in [-0.3, -0.25) is 9.59 Å². The van der Waals surface area contributed by atoms with Crippen molar-refractivity contribution >= 4 is 18.2 Å². The average Bonchev–Trinajstić information content (AvgIpc) is 3.10. The first-order valence-electron chi connectivity index (χ1n) is 11.0. The van der Waals surface area contributed by atoms with Crippen molar-refractivity contribution in [2.45, 2.75) is 78.4 Å². The van der Waals surface area contributed by atoms with E-state index in [1.54, 1.807) is 6.26 Å². The SMILES string of the molecule is CC(=O)O[C@H]1[C@H](OC(C)=O)[C@@H]2C(C)(C)CCC[C@]2(C)[C@H]2Cc3occc3[C@@H](C=O)[C@@H]12. The van der Waals surface area contributed by atoms with Gasteiger partial charge in [-0.1, -0.05) is 27.2 Å². The van der Waals surface area contributed by atoms with Crippen LogP contribution in [0.15, 0.2) is 16.7 Å². The van der Waals surface area contributed by atoms with Crippen LogP contribution in [0.25, 0.3) is 0 Å². The van der Waals surface area contributed by atoms with E-state index < -0.39 is 24.1 Å². The second kappa shape index (κ2) is 7.24. The van der Waals surface area contributed by atoms with E-state index in [4.69, 9.17) is 13.9 Å². The predicted molar refractivity (Wildman–Crippen MR) is 109 cm³/mol. The molecular weight excluding hydrogens is 384 g/mol. The molecule has 2 saturated carbocycles. The van der Waals surface area contributed by atoms with Gasteiger partial charge in [-0.15, -0.1) is 0 Å². The van der Waals surface area contributed by atoms with E-state index in [2.05, 4.69) is 20.8 Å². The largest absolute Gasteiger partial charge is 0.469 e. The summed E-state index contributed by atoms with van der Waals surface area (Å²) in [4.78, 5) is 36.6. The summed E-state index contributed by atoms with van der Waals surface area (Å²) in [6.45, 7) is 9.48. The van der Waals surface area contributed by atoms with Crippen LogP contribution in [0.4, 0.5) is 0 Å². The molecule has 30 heavy (non-hydrogen) atoms. The lowest BCUT2D eigenvalue weighted by Gasteiger charge is -2.64. The summed E-state index contributed by atoms with van der Waals surface area (Å²) in [5.74, 6) is -0.565. The Bertz CT molecular complexity index is 854. The van der Waals surface area contributed by atoms with Crippen LogP contribution < -0.4 is 0 Å². The molecule has 0 amide bonds. The number of rotatable bonds is 3. The van der Waals surface area contributed by atoms with Crippen molar-refractivity contribution in [2.75, 3.05) is 0 Å². The van der Waals surface area contributed by atoms with Crippen molar-refractivity contribution in [3.05, 3.63) is 23.7 Å². The van der Waals surface area contributed by atoms with Gasteiger partial charge in [0.05, 0.1) is 6.26 Å². The van der Waals surface area contributed by atoms with Crippen molar-refractivity contribution < 1.29 is 28.3 Å². The third kappa shape index (κ3) is 3.10. The van der Waals surface area contributed by atoms with Gasteiger partial charge in [0, 0.05) is 43.6 Å². The predicted octanol–water partition coefficient (Wildman–Crippen LogP) is 4.06. The van der Waals surface area contributed by atoms with E-state index >= 15 is 0 Å². The lowest BCUT2D eigenvalue weighted by molar-refractivity contribution is -0.236. The van der Waals surface area contributed by atoms with Crippen LogP contribution in [0.5, 0.6) is 0 Å². The maximum absolute atomic E-state index is 12.3. The molecule has 6 nitrogen and oxygen atoms in total. The third-order valence-electron chi connectivity index (χ3n) is 8.14. The van der Waals surface area contributed by atoms with E-state index in [9.17, 15) is 14.4 Å². The molecule has 2 fully saturated rings. The highest BCUT2D eigenvalue weighted by molar-refractivity contribution is 5.69. The minimum absolute atomic E-state index is 0.0112. The highest BCUT2D eigenvalue weighted by atomic mass is 16.6. The van der Waals surface area contributed by atoms with E-state index in [-0.39, 0.29) is 34.6 Å². The number of carbonyl (C=O) groups is 3. The Labute approximate surface area is 177 Å². The van der Waals surface area contributed by atoms with Crippen LogP contribution in [-0.4, -0.2) is 30.4 Å². The van der Waals surface area contributed by atoms with Crippen molar-refractivity contribution in [1.82, 2.24) is 0 Å². The summed E-state index contributed by atoms with van der Waals surface area (Å²) >= 11 is 0. The van der Waals surface area contributed by atoms with Crippen LogP contribution in [0.2, 0.25) is 0 Å². The molecule has 1 heterocycles. The number of fused-ring (bicyclic) bond motifs is 4. The fourth-order valence-electron chi connectivity index (χ4n) is 7.31. The maximum Gasteiger partial charge on any atom is 0.303 e. The van der Waals surface area contributed by atoms with Gasteiger partial charge in [-0.05, 0) is 35.7 Å². The average molecular weight is 417 g/mol. The van der Waals surface area contributed by atoms with E-state index in [0.29, 0.717) is 6.42 Å². The highest BCUT2D eigenvalue weighted by Gasteiger charge is 2.66. The van der Waals surface area contributed by atoms with Crippen molar-refractivity contribution in [2.24, 2.45) is 28.6 Å². The topological polar surface area (TPSA) is 82.8 Å². The first-order valence-corrected chi connectivity index (χ1v) is 11.0. The van der Waals surface area contributed by atoms with Gasteiger partial charge < -0.3 is 18.7 Å². The molecule has 3 aliphatic carbocycles. The molecule has 0 bridgehead atoms. The zero-order valence-electron chi connectivity index (χ0n) is 18.5. The summed E-state index contributed by atoms with van der Waals surface area (Å²) < 4.78 is 17.6.